The Hall–Kier alpha value is -1.36. The second-order valence-corrected chi connectivity index (χ2v) is 4.57. The average molecular weight is 237 g/mol. The van der Waals surface area contributed by atoms with Gasteiger partial charge in [0, 0.05) is 32.0 Å². The predicted molar refractivity (Wildman–Crippen MR) is 64.0 cm³/mol. The standard InChI is InChI=1S/C12H19N3O2/c1-8-11(9(2)14-13-8)12(16)15(3)10-4-6-17-7-5-10/h10H,4-7H2,1-3H3,(H,13,14). The van der Waals surface area contributed by atoms with Gasteiger partial charge in [-0.1, -0.05) is 0 Å². The van der Waals surface area contributed by atoms with Crippen molar-refractivity contribution < 1.29 is 9.53 Å². The molecule has 5 heteroatoms. The highest BCUT2D eigenvalue weighted by Crippen LogP contribution is 2.18. The second kappa shape index (κ2) is 4.87. The molecule has 1 aromatic heterocycles. The van der Waals surface area contributed by atoms with Crippen LogP contribution < -0.4 is 0 Å². The molecule has 0 atom stereocenters. The van der Waals surface area contributed by atoms with Crippen LogP contribution in [0.4, 0.5) is 0 Å². The minimum absolute atomic E-state index is 0.0562. The lowest BCUT2D eigenvalue weighted by molar-refractivity contribution is 0.0361. The van der Waals surface area contributed by atoms with E-state index < -0.39 is 0 Å². The molecule has 0 unspecified atom stereocenters. The Bertz CT molecular complexity index is 388. The highest BCUT2D eigenvalue weighted by molar-refractivity contribution is 5.96. The van der Waals surface area contributed by atoms with Crippen molar-refractivity contribution in [3.63, 3.8) is 0 Å². The van der Waals surface area contributed by atoms with E-state index in [1.165, 1.54) is 0 Å². The fourth-order valence-corrected chi connectivity index (χ4v) is 2.28. The number of amides is 1. The molecule has 2 rings (SSSR count). The van der Waals surface area contributed by atoms with E-state index >= 15 is 0 Å². The number of aryl methyl sites for hydroxylation is 2. The number of carbonyl (C=O) groups is 1. The van der Waals surface area contributed by atoms with Crippen LogP contribution >= 0.6 is 0 Å². The number of aromatic nitrogens is 2. The van der Waals surface area contributed by atoms with Gasteiger partial charge in [-0.2, -0.15) is 5.10 Å². The summed E-state index contributed by atoms with van der Waals surface area (Å²) in [6.45, 7) is 5.22. The highest BCUT2D eigenvalue weighted by Gasteiger charge is 2.26. The van der Waals surface area contributed by atoms with E-state index in [-0.39, 0.29) is 11.9 Å². The molecule has 1 amide bonds. The van der Waals surface area contributed by atoms with E-state index in [0.29, 0.717) is 5.56 Å². The van der Waals surface area contributed by atoms with Crippen molar-refractivity contribution in [2.75, 3.05) is 20.3 Å². The van der Waals surface area contributed by atoms with Crippen molar-refractivity contribution in [1.82, 2.24) is 15.1 Å². The molecule has 0 saturated carbocycles. The molecule has 1 aliphatic heterocycles. The minimum Gasteiger partial charge on any atom is -0.381 e. The molecular weight excluding hydrogens is 218 g/mol. The van der Waals surface area contributed by atoms with Crippen LogP contribution in [0.5, 0.6) is 0 Å². The summed E-state index contributed by atoms with van der Waals surface area (Å²) in [4.78, 5) is 14.2. The van der Waals surface area contributed by atoms with E-state index in [9.17, 15) is 4.79 Å². The first-order chi connectivity index (χ1) is 8.11. The number of rotatable bonds is 2. The topological polar surface area (TPSA) is 58.2 Å². The van der Waals surface area contributed by atoms with Gasteiger partial charge >= 0.3 is 0 Å². The summed E-state index contributed by atoms with van der Waals surface area (Å²) in [6, 6.07) is 0.282. The number of carbonyl (C=O) groups excluding carboxylic acids is 1. The molecule has 1 aliphatic rings. The first kappa shape index (κ1) is 12.1. The van der Waals surface area contributed by atoms with Crippen LogP contribution in [0.25, 0.3) is 0 Å². The zero-order chi connectivity index (χ0) is 12.4. The number of aromatic amines is 1. The molecule has 1 fully saturated rings. The maximum atomic E-state index is 12.4. The first-order valence-corrected chi connectivity index (χ1v) is 5.97. The Balaban J connectivity index is 2.14. The number of H-pyrrole nitrogens is 1. The zero-order valence-corrected chi connectivity index (χ0v) is 10.6. The highest BCUT2D eigenvalue weighted by atomic mass is 16.5. The molecule has 1 aromatic rings. The molecule has 1 saturated heterocycles. The summed E-state index contributed by atoms with van der Waals surface area (Å²) < 4.78 is 5.31. The quantitative estimate of drug-likeness (QED) is 0.843. The van der Waals surface area contributed by atoms with Gasteiger partial charge < -0.3 is 9.64 Å². The van der Waals surface area contributed by atoms with E-state index in [0.717, 1.165) is 37.4 Å². The fourth-order valence-electron chi connectivity index (χ4n) is 2.28. The van der Waals surface area contributed by atoms with Gasteiger partial charge in [-0.05, 0) is 26.7 Å². The smallest absolute Gasteiger partial charge is 0.257 e. The van der Waals surface area contributed by atoms with Gasteiger partial charge in [0.15, 0.2) is 0 Å². The van der Waals surface area contributed by atoms with E-state index in [2.05, 4.69) is 10.2 Å². The van der Waals surface area contributed by atoms with Gasteiger partial charge in [0.1, 0.15) is 0 Å². The molecule has 0 bridgehead atoms. The molecule has 0 radical (unpaired) electrons. The predicted octanol–water partition coefficient (Wildman–Crippen LogP) is 1.28. The molecule has 1 N–H and O–H groups in total. The lowest BCUT2D eigenvalue weighted by Gasteiger charge is -2.31. The van der Waals surface area contributed by atoms with E-state index in [1.54, 1.807) is 0 Å². The summed E-state index contributed by atoms with van der Waals surface area (Å²) in [5.74, 6) is 0.0562. The summed E-state index contributed by atoms with van der Waals surface area (Å²) in [7, 11) is 1.87. The zero-order valence-electron chi connectivity index (χ0n) is 10.6. The largest absolute Gasteiger partial charge is 0.381 e. The molecule has 2 heterocycles. The lowest BCUT2D eigenvalue weighted by atomic mass is 10.1. The van der Waals surface area contributed by atoms with Crippen LogP contribution in [0.2, 0.25) is 0 Å². The molecule has 0 aliphatic carbocycles. The molecule has 94 valence electrons. The molecule has 5 nitrogen and oxygen atoms in total. The average Bonchev–Trinajstić information content (AvgIpc) is 2.68. The summed E-state index contributed by atoms with van der Waals surface area (Å²) in [5.41, 5.74) is 2.32. The number of nitrogens with one attached hydrogen (secondary N) is 1. The molecule has 17 heavy (non-hydrogen) atoms. The number of nitrogens with zero attached hydrogens (tertiary/aromatic N) is 2. The first-order valence-electron chi connectivity index (χ1n) is 5.97. The number of hydrogen-bond acceptors (Lipinski definition) is 3. The van der Waals surface area contributed by atoms with Gasteiger partial charge in [-0.15, -0.1) is 0 Å². The van der Waals surface area contributed by atoms with Gasteiger partial charge in [-0.3, -0.25) is 9.89 Å². The Labute approximate surface area is 101 Å². The normalized spacial score (nSPS) is 17.1. The SMILES string of the molecule is Cc1n[nH]c(C)c1C(=O)N(C)C1CCOCC1. The van der Waals surface area contributed by atoms with Crippen LogP contribution in [0.1, 0.15) is 34.6 Å². The Morgan fingerprint density at radius 1 is 1.41 bits per heavy atom. The van der Waals surface area contributed by atoms with Crippen molar-refractivity contribution in [3.05, 3.63) is 17.0 Å². The van der Waals surface area contributed by atoms with Crippen molar-refractivity contribution in [2.45, 2.75) is 32.7 Å². The molecule has 0 spiro atoms. The lowest BCUT2D eigenvalue weighted by Crippen LogP contribution is -2.41. The van der Waals surface area contributed by atoms with Crippen LogP contribution in [-0.2, 0) is 4.74 Å². The third-order valence-electron chi connectivity index (χ3n) is 3.40. The van der Waals surface area contributed by atoms with Crippen LogP contribution in [0, 0.1) is 13.8 Å². The van der Waals surface area contributed by atoms with Crippen molar-refractivity contribution >= 4 is 5.91 Å². The van der Waals surface area contributed by atoms with Crippen LogP contribution in [0.15, 0.2) is 0 Å². The third kappa shape index (κ3) is 2.34. The fraction of sp³-hybridized carbons (Fsp3) is 0.667. The summed E-state index contributed by atoms with van der Waals surface area (Å²) in [6.07, 6.45) is 1.83. The van der Waals surface area contributed by atoms with Gasteiger partial charge in [0.25, 0.3) is 5.91 Å². The Morgan fingerprint density at radius 3 is 2.59 bits per heavy atom. The monoisotopic (exact) mass is 237 g/mol. The maximum absolute atomic E-state index is 12.4. The summed E-state index contributed by atoms with van der Waals surface area (Å²) >= 11 is 0. The van der Waals surface area contributed by atoms with Crippen LogP contribution in [0.3, 0.4) is 0 Å². The van der Waals surface area contributed by atoms with Gasteiger partial charge in [-0.25, -0.2) is 0 Å². The third-order valence-corrected chi connectivity index (χ3v) is 3.40. The number of ether oxygens (including phenoxy) is 1. The van der Waals surface area contributed by atoms with Crippen molar-refractivity contribution in [3.8, 4) is 0 Å². The minimum atomic E-state index is 0.0562. The van der Waals surface area contributed by atoms with E-state index in [4.69, 9.17) is 4.74 Å². The Morgan fingerprint density at radius 2 is 2.06 bits per heavy atom. The van der Waals surface area contributed by atoms with E-state index in [1.807, 2.05) is 25.8 Å². The Kier molecular flexibility index (Phi) is 3.47. The van der Waals surface area contributed by atoms with Gasteiger partial charge in [0.05, 0.1) is 11.3 Å². The van der Waals surface area contributed by atoms with Crippen LogP contribution in [-0.4, -0.2) is 47.3 Å². The second-order valence-electron chi connectivity index (χ2n) is 4.57. The van der Waals surface area contributed by atoms with Crippen molar-refractivity contribution in [1.29, 1.82) is 0 Å². The van der Waals surface area contributed by atoms with Crippen molar-refractivity contribution in [2.24, 2.45) is 0 Å². The maximum Gasteiger partial charge on any atom is 0.257 e. The van der Waals surface area contributed by atoms with Gasteiger partial charge in [0.2, 0.25) is 0 Å². The number of hydrogen-bond donors (Lipinski definition) is 1. The molecule has 0 aromatic carbocycles. The molecular formula is C12H19N3O2. The summed E-state index contributed by atoms with van der Waals surface area (Å²) in [5, 5.41) is 6.92.